The van der Waals surface area contributed by atoms with Gasteiger partial charge in [0.05, 0.1) is 0 Å². The van der Waals surface area contributed by atoms with E-state index in [4.69, 9.17) is 0 Å². The van der Waals surface area contributed by atoms with Crippen molar-refractivity contribution in [1.82, 2.24) is 9.80 Å². The van der Waals surface area contributed by atoms with Crippen LogP contribution in [-0.4, -0.2) is 54.3 Å². The van der Waals surface area contributed by atoms with E-state index < -0.39 is 0 Å². The van der Waals surface area contributed by atoms with Crippen LogP contribution in [0.25, 0.3) is 0 Å². The van der Waals surface area contributed by atoms with Crippen LogP contribution in [0.3, 0.4) is 0 Å². The van der Waals surface area contributed by atoms with Crippen molar-refractivity contribution in [2.75, 3.05) is 37.6 Å². The van der Waals surface area contributed by atoms with Gasteiger partial charge in [0.25, 0.3) is 0 Å². The minimum atomic E-state index is -0.0401. The van der Waals surface area contributed by atoms with Gasteiger partial charge in [0.15, 0.2) is 0 Å². The van der Waals surface area contributed by atoms with E-state index in [1.165, 1.54) is 5.56 Å². The Kier molecular flexibility index (Phi) is 6.60. The van der Waals surface area contributed by atoms with E-state index in [1.807, 2.05) is 41.3 Å². The summed E-state index contributed by atoms with van der Waals surface area (Å²) in [4.78, 5) is 30.5. The van der Waals surface area contributed by atoms with Crippen LogP contribution in [0.4, 0.5) is 5.69 Å². The predicted molar refractivity (Wildman–Crippen MR) is 107 cm³/mol. The van der Waals surface area contributed by atoms with Gasteiger partial charge in [-0.05, 0) is 17.7 Å². The lowest BCUT2D eigenvalue weighted by molar-refractivity contribution is -0.132. The molecule has 0 aliphatic carbocycles. The molecule has 5 heteroatoms. The topological polar surface area (TPSA) is 43.9 Å². The highest BCUT2D eigenvalue weighted by Gasteiger charge is 2.22. The summed E-state index contributed by atoms with van der Waals surface area (Å²) in [6.45, 7) is 6.15. The minimum Gasteiger partial charge on any atom is -0.340 e. The third kappa shape index (κ3) is 5.41. The summed E-state index contributed by atoms with van der Waals surface area (Å²) < 4.78 is 0. The fourth-order valence-corrected chi connectivity index (χ4v) is 3.44. The lowest BCUT2D eigenvalue weighted by Gasteiger charge is -2.35. The van der Waals surface area contributed by atoms with Gasteiger partial charge in [0.1, 0.15) is 0 Å². The second-order valence-corrected chi connectivity index (χ2v) is 6.90. The third-order valence-corrected chi connectivity index (χ3v) is 4.97. The number of piperazine rings is 1. The van der Waals surface area contributed by atoms with Crippen LogP contribution in [0.5, 0.6) is 0 Å². The van der Waals surface area contributed by atoms with Crippen molar-refractivity contribution in [3.05, 3.63) is 66.2 Å². The number of para-hydroxylation sites is 1. The molecule has 0 spiro atoms. The number of nitrogens with zero attached hydrogens (tertiary/aromatic N) is 3. The summed E-state index contributed by atoms with van der Waals surface area (Å²) in [7, 11) is 0. The molecule has 1 aliphatic rings. The van der Waals surface area contributed by atoms with Crippen molar-refractivity contribution in [2.24, 2.45) is 0 Å². The number of carbonyl (C=O) groups excluding carboxylic acids is 2. The Labute approximate surface area is 161 Å². The van der Waals surface area contributed by atoms with Crippen molar-refractivity contribution in [1.29, 1.82) is 0 Å². The first-order chi connectivity index (χ1) is 13.1. The zero-order valence-electron chi connectivity index (χ0n) is 15.9. The van der Waals surface area contributed by atoms with Gasteiger partial charge in [-0.2, -0.15) is 0 Å². The first-order valence-electron chi connectivity index (χ1n) is 9.50. The molecule has 0 N–H and O–H groups in total. The number of anilines is 1. The molecule has 2 aromatic carbocycles. The molecule has 27 heavy (non-hydrogen) atoms. The van der Waals surface area contributed by atoms with E-state index in [-0.39, 0.29) is 11.8 Å². The Morgan fingerprint density at radius 3 is 2.07 bits per heavy atom. The first-order valence-corrected chi connectivity index (χ1v) is 9.50. The minimum absolute atomic E-state index is 0.0401. The summed E-state index contributed by atoms with van der Waals surface area (Å²) in [5.41, 5.74) is 2.14. The number of benzene rings is 2. The molecule has 1 heterocycles. The Balaban J connectivity index is 1.47. The van der Waals surface area contributed by atoms with Gasteiger partial charge in [-0.3, -0.25) is 14.5 Å². The van der Waals surface area contributed by atoms with Crippen LogP contribution in [0.1, 0.15) is 18.9 Å². The lowest BCUT2D eigenvalue weighted by Crippen LogP contribution is -2.49. The molecule has 0 atom stereocenters. The zero-order chi connectivity index (χ0) is 19.1. The van der Waals surface area contributed by atoms with Crippen molar-refractivity contribution < 1.29 is 9.59 Å². The summed E-state index contributed by atoms with van der Waals surface area (Å²) >= 11 is 0. The Bertz CT molecular complexity index is 741. The lowest BCUT2D eigenvalue weighted by atomic mass is 10.2. The largest absolute Gasteiger partial charge is 0.340 e. The van der Waals surface area contributed by atoms with E-state index in [1.54, 1.807) is 11.8 Å². The van der Waals surface area contributed by atoms with Gasteiger partial charge in [-0.15, -0.1) is 0 Å². The highest BCUT2D eigenvalue weighted by Crippen LogP contribution is 2.15. The second-order valence-electron chi connectivity index (χ2n) is 6.90. The van der Waals surface area contributed by atoms with Crippen molar-refractivity contribution in [3.8, 4) is 0 Å². The molecule has 0 saturated carbocycles. The molecule has 1 saturated heterocycles. The predicted octanol–water partition coefficient (Wildman–Crippen LogP) is 2.77. The maximum atomic E-state index is 12.6. The van der Waals surface area contributed by atoms with E-state index in [2.05, 4.69) is 29.2 Å². The monoisotopic (exact) mass is 365 g/mol. The third-order valence-electron chi connectivity index (χ3n) is 4.97. The first kappa shape index (κ1) is 19.1. The molecule has 2 aromatic rings. The van der Waals surface area contributed by atoms with Crippen LogP contribution in [-0.2, 0) is 16.1 Å². The van der Waals surface area contributed by atoms with Crippen LogP contribution in [0.2, 0.25) is 0 Å². The van der Waals surface area contributed by atoms with Gasteiger partial charge in [0.2, 0.25) is 11.8 Å². The van der Waals surface area contributed by atoms with E-state index in [0.717, 1.165) is 38.4 Å². The van der Waals surface area contributed by atoms with Crippen molar-refractivity contribution in [3.63, 3.8) is 0 Å². The van der Waals surface area contributed by atoms with E-state index >= 15 is 0 Å². The zero-order valence-corrected chi connectivity index (χ0v) is 15.9. The molecule has 5 nitrogen and oxygen atoms in total. The van der Waals surface area contributed by atoms with Gasteiger partial charge in [0, 0.05) is 58.3 Å². The van der Waals surface area contributed by atoms with Gasteiger partial charge < -0.3 is 9.80 Å². The molecule has 3 rings (SSSR count). The molecule has 1 fully saturated rings. The second kappa shape index (κ2) is 9.33. The van der Waals surface area contributed by atoms with Crippen LogP contribution < -0.4 is 4.90 Å². The normalized spacial score (nSPS) is 14.8. The fraction of sp³-hybridized carbons (Fsp3) is 0.364. The molecular formula is C22H27N3O2. The summed E-state index contributed by atoms with van der Waals surface area (Å²) in [6.07, 6.45) is 0.354. The average Bonchev–Trinajstić information content (AvgIpc) is 2.70. The van der Waals surface area contributed by atoms with Crippen LogP contribution in [0, 0.1) is 0 Å². The smallest absolute Gasteiger partial charge is 0.224 e. The molecule has 0 aromatic heterocycles. The molecular weight excluding hydrogens is 338 g/mol. The summed E-state index contributed by atoms with van der Waals surface area (Å²) in [6, 6.07) is 19.9. The fourth-order valence-electron chi connectivity index (χ4n) is 3.44. The van der Waals surface area contributed by atoms with Crippen LogP contribution >= 0.6 is 0 Å². The molecule has 142 valence electrons. The van der Waals surface area contributed by atoms with Crippen molar-refractivity contribution >= 4 is 17.5 Å². The molecule has 2 amide bonds. The number of hydrogen-bond donors (Lipinski definition) is 0. The molecule has 0 unspecified atom stereocenters. The molecule has 0 bridgehead atoms. The van der Waals surface area contributed by atoms with Crippen molar-refractivity contribution in [2.45, 2.75) is 19.9 Å². The summed E-state index contributed by atoms with van der Waals surface area (Å²) in [5, 5.41) is 0. The Morgan fingerprint density at radius 2 is 1.48 bits per heavy atom. The SMILES string of the molecule is CC(=O)N(CCC(=O)N1CCN(Cc2ccccc2)CC1)c1ccccc1. The van der Waals surface area contributed by atoms with E-state index in [0.29, 0.717) is 13.0 Å². The number of rotatable bonds is 6. The number of amides is 2. The number of carbonyl (C=O) groups is 2. The summed E-state index contributed by atoms with van der Waals surface area (Å²) in [5.74, 6) is 0.0817. The standard InChI is InChI=1S/C22H27N3O2/c1-19(26)25(21-10-6-3-7-11-21)13-12-22(27)24-16-14-23(15-17-24)18-20-8-4-2-5-9-20/h2-11H,12-18H2,1H3. The average molecular weight is 365 g/mol. The maximum Gasteiger partial charge on any atom is 0.224 e. The van der Waals surface area contributed by atoms with Gasteiger partial charge in [-0.1, -0.05) is 48.5 Å². The quantitative estimate of drug-likeness (QED) is 0.791. The molecule has 0 radical (unpaired) electrons. The highest BCUT2D eigenvalue weighted by molar-refractivity contribution is 5.92. The molecule has 1 aliphatic heterocycles. The number of hydrogen-bond acceptors (Lipinski definition) is 3. The Morgan fingerprint density at radius 1 is 0.889 bits per heavy atom. The van der Waals surface area contributed by atoms with Crippen LogP contribution in [0.15, 0.2) is 60.7 Å². The van der Waals surface area contributed by atoms with Gasteiger partial charge >= 0.3 is 0 Å². The van der Waals surface area contributed by atoms with Gasteiger partial charge in [-0.25, -0.2) is 0 Å². The maximum absolute atomic E-state index is 12.6. The Hall–Kier alpha value is -2.66. The highest BCUT2D eigenvalue weighted by atomic mass is 16.2. The van der Waals surface area contributed by atoms with E-state index in [9.17, 15) is 9.59 Å².